The SMILES string of the molecule is CCOC(=O)[C@@H]1CCCN(c2oc(-c3ccc(F)cc3)nc2C#N)C1. The molecule has 0 unspecified atom stereocenters. The minimum atomic E-state index is -0.357. The standard InChI is InChI=1S/C18H18FN3O3/c1-2-24-18(23)13-4-3-9-22(11-13)17-15(10-20)21-16(25-17)12-5-7-14(19)8-6-12/h5-8,13H,2-4,9,11H2,1H3/t13-/m1/s1. The van der Waals surface area contributed by atoms with Gasteiger partial charge in [-0.3, -0.25) is 4.79 Å². The van der Waals surface area contributed by atoms with Gasteiger partial charge in [0.25, 0.3) is 0 Å². The van der Waals surface area contributed by atoms with E-state index in [1.807, 2.05) is 11.0 Å². The van der Waals surface area contributed by atoms with Gasteiger partial charge in [0.15, 0.2) is 0 Å². The van der Waals surface area contributed by atoms with Crippen molar-refractivity contribution in [1.29, 1.82) is 5.26 Å². The van der Waals surface area contributed by atoms with Crippen LogP contribution in [-0.4, -0.2) is 30.6 Å². The van der Waals surface area contributed by atoms with E-state index >= 15 is 0 Å². The molecule has 0 aliphatic carbocycles. The number of halogens is 1. The summed E-state index contributed by atoms with van der Waals surface area (Å²) in [6.45, 7) is 3.21. The van der Waals surface area contributed by atoms with Crippen molar-refractivity contribution in [2.75, 3.05) is 24.6 Å². The van der Waals surface area contributed by atoms with Gasteiger partial charge >= 0.3 is 5.97 Å². The molecule has 3 rings (SSSR count). The molecule has 7 heteroatoms. The van der Waals surface area contributed by atoms with Crippen LogP contribution in [0.3, 0.4) is 0 Å². The van der Waals surface area contributed by atoms with E-state index in [1.54, 1.807) is 19.1 Å². The number of aromatic nitrogens is 1. The summed E-state index contributed by atoms with van der Waals surface area (Å²) in [7, 11) is 0. The van der Waals surface area contributed by atoms with E-state index in [0.29, 0.717) is 31.1 Å². The Bertz CT molecular complexity index is 795. The van der Waals surface area contributed by atoms with Gasteiger partial charge in [-0.1, -0.05) is 0 Å². The first-order valence-corrected chi connectivity index (χ1v) is 8.20. The lowest BCUT2D eigenvalue weighted by Gasteiger charge is -2.31. The molecule has 0 spiro atoms. The molecule has 1 saturated heterocycles. The zero-order chi connectivity index (χ0) is 17.8. The van der Waals surface area contributed by atoms with E-state index in [0.717, 1.165) is 12.8 Å². The fraction of sp³-hybridized carbons (Fsp3) is 0.389. The molecule has 0 bridgehead atoms. The molecule has 2 aromatic rings. The lowest BCUT2D eigenvalue weighted by atomic mass is 9.98. The van der Waals surface area contributed by atoms with Gasteiger partial charge in [0.2, 0.25) is 17.5 Å². The van der Waals surface area contributed by atoms with Crippen LogP contribution in [0, 0.1) is 23.1 Å². The maximum atomic E-state index is 13.1. The van der Waals surface area contributed by atoms with Crippen molar-refractivity contribution in [3.8, 4) is 17.5 Å². The van der Waals surface area contributed by atoms with Crippen LogP contribution in [0.1, 0.15) is 25.5 Å². The average molecular weight is 343 g/mol. The van der Waals surface area contributed by atoms with Gasteiger partial charge in [-0.15, -0.1) is 0 Å². The number of carbonyl (C=O) groups excluding carboxylic acids is 1. The third kappa shape index (κ3) is 3.63. The number of benzene rings is 1. The summed E-state index contributed by atoms with van der Waals surface area (Å²) in [4.78, 5) is 18.0. The van der Waals surface area contributed by atoms with Crippen LogP contribution in [0.15, 0.2) is 28.7 Å². The molecule has 0 saturated carbocycles. The highest BCUT2D eigenvalue weighted by Gasteiger charge is 2.30. The van der Waals surface area contributed by atoms with Crippen LogP contribution in [0.25, 0.3) is 11.5 Å². The first-order valence-electron chi connectivity index (χ1n) is 8.20. The fourth-order valence-electron chi connectivity index (χ4n) is 2.93. The second kappa shape index (κ2) is 7.34. The van der Waals surface area contributed by atoms with Crippen molar-refractivity contribution in [3.63, 3.8) is 0 Å². The Labute approximate surface area is 144 Å². The number of piperidine rings is 1. The lowest BCUT2D eigenvalue weighted by molar-refractivity contribution is -0.148. The van der Waals surface area contributed by atoms with Crippen molar-refractivity contribution in [2.45, 2.75) is 19.8 Å². The topological polar surface area (TPSA) is 79.4 Å². The largest absolute Gasteiger partial charge is 0.466 e. The molecular formula is C18H18FN3O3. The van der Waals surface area contributed by atoms with E-state index < -0.39 is 0 Å². The summed E-state index contributed by atoms with van der Waals surface area (Å²) in [6, 6.07) is 7.73. The average Bonchev–Trinajstić information content (AvgIpc) is 3.07. The Morgan fingerprint density at radius 3 is 2.92 bits per heavy atom. The van der Waals surface area contributed by atoms with Crippen molar-refractivity contribution in [3.05, 3.63) is 35.8 Å². The smallest absolute Gasteiger partial charge is 0.310 e. The lowest BCUT2D eigenvalue weighted by Crippen LogP contribution is -2.39. The van der Waals surface area contributed by atoms with Crippen molar-refractivity contribution >= 4 is 11.9 Å². The maximum absolute atomic E-state index is 13.1. The number of esters is 1. The number of rotatable bonds is 4. The van der Waals surface area contributed by atoms with E-state index in [4.69, 9.17) is 9.15 Å². The van der Waals surface area contributed by atoms with Gasteiger partial charge < -0.3 is 14.1 Å². The number of anilines is 1. The minimum Gasteiger partial charge on any atom is -0.466 e. The van der Waals surface area contributed by atoms with Crippen LogP contribution < -0.4 is 4.90 Å². The third-order valence-corrected chi connectivity index (χ3v) is 4.13. The molecule has 0 N–H and O–H groups in total. The Morgan fingerprint density at radius 1 is 1.48 bits per heavy atom. The Kier molecular flexibility index (Phi) is 4.98. The highest BCUT2D eigenvalue weighted by atomic mass is 19.1. The maximum Gasteiger partial charge on any atom is 0.310 e. The number of carbonyl (C=O) groups is 1. The third-order valence-electron chi connectivity index (χ3n) is 4.13. The van der Waals surface area contributed by atoms with Crippen LogP contribution in [0.4, 0.5) is 10.3 Å². The first kappa shape index (κ1) is 17.0. The zero-order valence-electron chi connectivity index (χ0n) is 13.9. The summed E-state index contributed by atoms with van der Waals surface area (Å²) in [5.74, 6) is -0.242. The number of hydrogen-bond acceptors (Lipinski definition) is 6. The second-order valence-corrected chi connectivity index (χ2v) is 5.83. The van der Waals surface area contributed by atoms with E-state index in [2.05, 4.69) is 4.98 Å². The summed E-state index contributed by atoms with van der Waals surface area (Å²) in [5.41, 5.74) is 0.743. The molecule has 2 heterocycles. The van der Waals surface area contributed by atoms with Crippen LogP contribution in [-0.2, 0) is 9.53 Å². The predicted octanol–water partition coefficient (Wildman–Crippen LogP) is 3.13. The summed E-state index contributed by atoms with van der Waals surface area (Å²) in [6.07, 6.45) is 1.54. The number of nitrogens with zero attached hydrogens (tertiary/aromatic N) is 3. The molecule has 0 amide bonds. The van der Waals surface area contributed by atoms with E-state index in [9.17, 15) is 14.4 Å². The first-order chi connectivity index (χ1) is 12.1. The number of ether oxygens (including phenoxy) is 1. The second-order valence-electron chi connectivity index (χ2n) is 5.83. The normalized spacial score (nSPS) is 17.2. The van der Waals surface area contributed by atoms with Gasteiger partial charge in [-0.25, -0.2) is 4.39 Å². The summed E-state index contributed by atoms with van der Waals surface area (Å²) >= 11 is 0. The molecule has 1 fully saturated rings. The molecule has 1 atom stereocenters. The molecule has 1 aliphatic rings. The van der Waals surface area contributed by atoms with Gasteiger partial charge in [-0.2, -0.15) is 10.2 Å². The molecule has 25 heavy (non-hydrogen) atoms. The molecule has 1 aliphatic heterocycles. The van der Waals surface area contributed by atoms with Crippen LogP contribution in [0.5, 0.6) is 0 Å². The van der Waals surface area contributed by atoms with E-state index in [1.165, 1.54) is 12.1 Å². The van der Waals surface area contributed by atoms with Gasteiger partial charge in [0.05, 0.1) is 12.5 Å². The Balaban J connectivity index is 1.85. The van der Waals surface area contributed by atoms with Crippen LogP contribution in [0.2, 0.25) is 0 Å². The highest BCUT2D eigenvalue weighted by molar-refractivity contribution is 5.73. The van der Waals surface area contributed by atoms with Gasteiger partial charge in [0.1, 0.15) is 11.9 Å². The summed E-state index contributed by atoms with van der Waals surface area (Å²) in [5, 5.41) is 9.36. The molecule has 130 valence electrons. The Morgan fingerprint density at radius 2 is 2.24 bits per heavy atom. The highest BCUT2D eigenvalue weighted by Crippen LogP contribution is 2.31. The number of hydrogen-bond donors (Lipinski definition) is 0. The number of oxazole rings is 1. The van der Waals surface area contributed by atoms with Crippen LogP contribution >= 0.6 is 0 Å². The molecular weight excluding hydrogens is 325 g/mol. The Hall–Kier alpha value is -2.88. The number of nitriles is 1. The van der Waals surface area contributed by atoms with Crippen molar-refractivity contribution < 1.29 is 18.3 Å². The predicted molar refractivity (Wildman–Crippen MR) is 88.2 cm³/mol. The monoisotopic (exact) mass is 343 g/mol. The van der Waals surface area contributed by atoms with Crippen molar-refractivity contribution in [1.82, 2.24) is 4.98 Å². The molecule has 0 radical (unpaired) electrons. The minimum absolute atomic E-state index is 0.156. The van der Waals surface area contributed by atoms with Crippen molar-refractivity contribution in [2.24, 2.45) is 5.92 Å². The van der Waals surface area contributed by atoms with E-state index in [-0.39, 0.29) is 29.3 Å². The molecule has 1 aromatic carbocycles. The quantitative estimate of drug-likeness (QED) is 0.794. The molecule has 1 aromatic heterocycles. The van der Waals surface area contributed by atoms with Gasteiger partial charge in [-0.05, 0) is 44.0 Å². The zero-order valence-corrected chi connectivity index (χ0v) is 13.9. The fourth-order valence-corrected chi connectivity index (χ4v) is 2.93. The molecule has 6 nitrogen and oxygen atoms in total. The van der Waals surface area contributed by atoms with Gasteiger partial charge in [0, 0.05) is 18.7 Å². The summed E-state index contributed by atoms with van der Waals surface area (Å²) < 4.78 is 23.9.